The van der Waals surface area contributed by atoms with Crippen molar-refractivity contribution in [3.8, 4) is 0 Å². The number of nitrogens with one attached hydrogen (secondary N) is 1. The second-order valence-electron chi connectivity index (χ2n) is 6.53. The number of fused-ring (bicyclic) bond motifs is 2. The Morgan fingerprint density at radius 2 is 2.15 bits per heavy atom. The summed E-state index contributed by atoms with van der Waals surface area (Å²) in [6.07, 6.45) is 3.56. The molecule has 20 heavy (non-hydrogen) atoms. The van der Waals surface area contributed by atoms with E-state index in [1.165, 1.54) is 18.4 Å². The Bertz CT molecular complexity index is 521. The quantitative estimate of drug-likeness (QED) is 0.909. The summed E-state index contributed by atoms with van der Waals surface area (Å²) >= 11 is 12.3. The molecule has 110 valence electrons. The number of piperidine rings is 1. The van der Waals surface area contributed by atoms with Gasteiger partial charge in [-0.1, -0.05) is 36.2 Å². The van der Waals surface area contributed by atoms with Gasteiger partial charge in [-0.25, -0.2) is 0 Å². The van der Waals surface area contributed by atoms with Crippen LogP contribution in [0.5, 0.6) is 0 Å². The number of benzene rings is 1. The van der Waals surface area contributed by atoms with Crippen LogP contribution in [0, 0.1) is 5.41 Å². The zero-order valence-corrected chi connectivity index (χ0v) is 13.5. The smallest absolute Gasteiger partial charge is 0.0595 e. The zero-order valence-electron chi connectivity index (χ0n) is 12.0. The van der Waals surface area contributed by atoms with Crippen LogP contribution >= 0.6 is 23.2 Å². The molecule has 1 saturated carbocycles. The van der Waals surface area contributed by atoms with E-state index in [0.29, 0.717) is 16.1 Å². The Balaban J connectivity index is 2.07. The van der Waals surface area contributed by atoms with Crippen molar-refractivity contribution >= 4 is 23.2 Å². The first-order valence-corrected chi connectivity index (χ1v) is 7.94. The Morgan fingerprint density at radius 1 is 1.35 bits per heavy atom. The molecule has 1 heterocycles. The molecule has 4 heteroatoms. The van der Waals surface area contributed by atoms with E-state index in [4.69, 9.17) is 27.9 Å². The summed E-state index contributed by atoms with van der Waals surface area (Å²) in [5, 5.41) is 4.95. The van der Waals surface area contributed by atoms with Crippen LogP contribution in [-0.4, -0.2) is 26.3 Å². The SMILES string of the molecule is COC[C@]1(C)CN[C@@H]2CC[C@@]1(c1ccc(Cl)c(Cl)c1)C2. The fraction of sp³-hybridized carbons (Fsp3) is 0.625. The molecule has 0 radical (unpaired) electrons. The summed E-state index contributed by atoms with van der Waals surface area (Å²) in [4.78, 5) is 0. The van der Waals surface area contributed by atoms with E-state index in [-0.39, 0.29) is 10.8 Å². The number of methoxy groups -OCH3 is 1. The Kier molecular flexibility index (Phi) is 3.79. The molecule has 2 bridgehead atoms. The Hall–Kier alpha value is -0.280. The molecule has 3 atom stereocenters. The lowest BCUT2D eigenvalue weighted by Crippen LogP contribution is -2.56. The van der Waals surface area contributed by atoms with Gasteiger partial charge in [-0.2, -0.15) is 0 Å². The molecule has 0 unspecified atom stereocenters. The molecule has 0 aromatic heterocycles. The van der Waals surface area contributed by atoms with E-state index in [1.807, 2.05) is 6.07 Å². The molecule has 1 N–H and O–H groups in total. The van der Waals surface area contributed by atoms with Crippen LogP contribution in [0.1, 0.15) is 31.7 Å². The highest BCUT2D eigenvalue weighted by molar-refractivity contribution is 6.42. The highest BCUT2D eigenvalue weighted by atomic mass is 35.5. The van der Waals surface area contributed by atoms with Crippen molar-refractivity contribution in [2.75, 3.05) is 20.3 Å². The van der Waals surface area contributed by atoms with Gasteiger partial charge in [-0.05, 0) is 37.0 Å². The summed E-state index contributed by atoms with van der Waals surface area (Å²) in [5.41, 5.74) is 1.55. The lowest BCUT2D eigenvalue weighted by molar-refractivity contribution is 0.0109. The number of ether oxygens (including phenoxy) is 1. The maximum absolute atomic E-state index is 6.26. The average molecular weight is 314 g/mol. The maximum atomic E-state index is 6.26. The molecule has 1 aliphatic heterocycles. The Labute approximate surface area is 130 Å². The van der Waals surface area contributed by atoms with Crippen LogP contribution in [0.2, 0.25) is 10.0 Å². The van der Waals surface area contributed by atoms with Crippen molar-refractivity contribution in [3.63, 3.8) is 0 Å². The highest BCUT2D eigenvalue weighted by Gasteiger charge is 2.56. The molecule has 2 aliphatic rings. The fourth-order valence-electron chi connectivity index (χ4n) is 4.22. The van der Waals surface area contributed by atoms with Gasteiger partial charge in [-0.15, -0.1) is 0 Å². The predicted octanol–water partition coefficient (Wildman–Crippen LogP) is 4.04. The number of hydrogen-bond donors (Lipinski definition) is 1. The van der Waals surface area contributed by atoms with Gasteiger partial charge in [-0.3, -0.25) is 0 Å². The number of halogens is 2. The van der Waals surface area contributed by atoms with E-state index in [9.17, 15) is 0 Å². The minimum atomic E-state index is 0.0892. The molecule has 1 saturated heterocycles. The van der Waals surface area contributed by atoms with Gasteiger partial charge in [0.1, 0.15) is 0 Å². The number of hydrogen-bond acceptors (Lipinski definition) is 2. The molecule has 0 amide bonds. The minimum Gasteiger partial charge on any atom is -0.384 e. The molecule has 0 spiro atoms. The third-order valence-corrected chi connectivity index (χ3v) is 6.12. The molecular formula is C16H21Cl2NO. The van der Waals surface area contributed by atoms with Crippen LogP contribution in [0.25, 0.3) is 0 Å². The summed E-state index contributed by atoms with van der Waals surface area (Å²) in [6.45, 7) is 4.08. The topological polar surface area (TPSA) is 21.3 Å². The summed E-state index contributed by atoms with van der Waals surface area (Å²) < 4.78 is 5.54. The van der Waals surface area contributed by atoms with Crippen LogP contribution in [0.4, 0.5) is 0 Å². The first-order valence-electron chi connectivity index (χ1n) is 7.19. The average Bonchev–Trinajstić information content (AvgIpc) is 2.81. The summed E-state index contributed by atoms with van der Waals surface area (Å²) in [5.74, 6) is 0. The second-order valence-corrected chi connectivity index (χ2v) is 7.34. The predicted molar refractivity (Wildman–Crippen MR) is 83.8 cm³/mol. The van der Waals surface area contributed by atoms with Crippen LogP contribution in [0.15, 0.2) is 18.2 Å². The third kappa shape index (κ3) is 2.09. The first kappa shape index (κ1) is 14.6. The molecule has 2 fully saturated rings. The molecule has 1 aromatic rings. The van der Waals surface area contributed by atoms with E-state index in [0.717, 1.165) is 19.6 Å². The largest absolute Gasteiger partial charge is 0.384 e. The van der Waals surface area contributed by atoms with Gasteiger partial charge in [0.05, 0.1) is 16.7 Å². The highest BCUT2D eigenvalue weighted by Crippen LogP contribution is 2.56. The summed E-state index contributed by atoms with van der Waals surface area (Å²) in [7, 11) is 1.79. The van der Waals surface area contributed by atoms with Gasteiger partial charge in [0.2, 0.25) is 0 Å². The van der Waals surface area contributed by atoms with E-state index >= 15 is 0 Å². The van der Waals surface area contributed by atoms with Gasteiger partial charge in [0.15, 0.2) is 0 Å². The second kappa shape index (κ2) is 5.17. The van der Waals surface area contributed by atoms with Gasteiger partial charge in [0, 0.05) is 30.5 Å². The van der Waals surface area contributed by atoms with Crippen molar-refractivity contribution in [2.45, 2.75) is 37.6 Å². The van der Waals surface area contributed by atoms with Crippen molar-refractivity contribution in [1.29, 1.82) is 0 Å². The van der Waals surface area contributed by atoms with E-state index in [2.05, 4.69) is 24.4 Å². The van der Waals surface area contributed by atoms with Gasteiger partial charge < -0.3 is 10.1 Å². The normalized spacial score (nSPS) is 36.3. The molecule has 2 nitrogen and oxygen atoms in total. The van der Waals surface area contributed by atoms with Crippen molar-refractivity contribution in [1.82, 2.24) is 5.32 Å². The molecule has 1 aliphatic carbocycles. The van der Waals surface area contributed by atoms with Crippen LogP contribution in [0.3, 0.4) is 0 Å². The molecule has 3 rings (SSSR count). The zero-order chi connectivity index (χ0) is 14.4. The van der Waals surface area contributed by atoms with Crippen LogP contribution in [-0.2, 0) is 10.2 Å². The maximum Gasteiger partial charge on any atom is 0.0595 e. The lowest BCUT2D eigenvalue weighted by atomic mass is 9.58. The third-order valence-electron chi connectivity index (χ3n) is 5.39. The van der Waals surface area contributed by atoms with Gasteiger partial charge in [0.25, 0.3) is 0 Å². The van der Waals surface area contributed by atoms with Crippen molar-refractivity contribution in [2.24, 2.45) is 5.41 Å². The molecule has 1 aromatic carbocycles. The van der Waals surface area contributed by atoms with E-state index < -0.39 is 0 Å². The Morgan fingerprint density at radius 3 is 2.85 bits per heavy atom. The number of rotatable bonds is 3. The lowest BCUT2D eigenvalue weighted by Gasteiger charge is -2.50. The molecular weight excluding hydrogens is 293 g/mol. The minimum absolute atomic E-state index is 0.0892. The standard InChI is InChI=1S/C16H21Cl2NO/c1-15(10-20-2)9-19-12-5-6-16(15,8-12)11-3-4-13(17)14(18)7-11/h3-4,7,12,19H,5-6,8-10H2,1-2H3/t12-,15+,16+/m1/s1. The fourth-order valence-corrected chi connectivity index (χ4v) is 4.52. The van der Waals surface area contributed by atoms with Crippen molar-refractivity contribution < 1.29 is 4.74 Å². The van der Waals surface area contributed by atoms with Crippen molar-refractivity contribution in [3.05, 3.63) is 33.8 Å². The first-order chi connectivity index (χ1) is 9.51. The monoisotopic (exact) mass is 313 g/mol. The van der Waals surface area contributed by atoms with Crippen LogP contribution < -0.4 is 5.32 Å². The summed E-state index contributed by atoms with van der Waals surface area (Å²) in [6, 6.07) is 6.76. The van der Waals surface area contributed by atoms with E-state index in [1.54, 1.807) is 7.11 Å². The van der Waals surface area contributed by atoms with Gasteiger partial charge >= 0.3 is 0 Å².